The molecule has 1 saturated heterocycles. The number of hydrogen-bond acceptors (Lipinski definition) is 3. The first-order valence-corrected chi connectivity index (χ1v) is 9.15. The molecule has 3 rings (SSSR count). The molecule has 6 nitrogen and oxygen atoms in total. The summed E-state index contributed by atoms with van der Waals surface area (Å²) in [4.78, 5) is 39.9. The minimum Gasteiger partial charge on any atom is -0.324 e. The van der Waals surface area contributed by atoms with Gasteiger partial charge in [0.1, 0.15) is 12.4 Å². The lowest BCUT2D eigenvalue weighted by Gasteiger charge is -2.33. The summed E-state index contributed by atoms with van der Waals surface area (Å²) >= 11 is 0. The van der Waals surface area contributed by atoms with E-state index in [0.29, 0.717) is 5.69 Å². The number of hydrogen-bond donors (Lipinski definition) is 1. The van der Waals surface area contributed by atoms with Crippen molar-refractivity contribution in [1.82, 2.24) is 4.90 Å². The van der Waals surface area contributed by atoms with Crippen molar-refractivity contribution in [3.05, 3.63) is 59.4 Å². The van der Waals surface area contributed by atoms with Crippen LogP contribution in [-0.2, 0) is 20.8 Å². The van der Waals surface area contributed by atoms with Gasteiger partial charge in [-0.2, -0.15) is 0 Å². The summed E-state index contributed by atoms with van der Waals surface area (Å²) in [5.74, 6) is -2.23. The van der Waals surface area contributed by atoms with E-state index in [1.807, 2.05) is 32.0 Å². The smallest absolute Gasteiger partial charge is 0.316 e. The van der Waals surface area contributed by atoms with E-state index in [4.69, 9.17) is 0 Å². The molecule has 1 heterocycles. The molecule has 1 fully saturated rings. The molecule has 0 spiro atoms. The van der Waals surface area contributed by atoms with Crippen LogP contribution in [0.25, 0.3) is 0 Å². The van der Waals surface area contributed by atoms with E-state index in [0.717, 1.165) is 23.2 Å². The molecule has 0 aromatic heterocycles. The normalized spacial score (nSPS) is 14.4. The number of para-hydroxylation sites is 1. The fraction of sp³-hybridized carbons (Fsp3) is 0.286. The molecule has 7 heteroatoms. The van der Waals surface area contributed by atoms with Gasteiger partial charge in [-0.15, -0.1) is 0 Å². The molecule has 0 radical (unpaired) electrons. The number of carbonyl (C=O) groups excluding carboxylic acids is 3. The molecular formula is C21H22FN3O3. The van der Waals surface area contributed by atoms with Crippen LogP contribution in [0.1, 0.15) is 18.1 Å². The lowest BCUT2D eigenvalue weighted by molar-refractivity contribution is -0.147. The molecule has 0 aliphatic carbocycles. The molecular weight excluding hydrogens is 361 g/mol. The summed E-state index contributed by atoms with van der Waals surface area (Å²) in [5, 5.41) is 2.86. The van der Waals surface area contributed by atoms with Crippen molar-refractivity contribution in [1.29, 1.82) is 0 Å². The molecule has 2 aromatic rings. The summed E-state index contributed by atoms with van der Waals surface area (Å²) in [6, 6.07) is 11.2. The number of nitrogens with zero attached hydrogens (tertiary/aromatic N) is 2. The van der Waals surface area contributed by atoms with E-state index >= 15 is 0 Å². The summed E-state index contributed by atoms with van der Waals surface area (Å²) in [7, 11) is 0. The van der Waals surface area contributed by atoms with Gasteiger partial charge in [0.25, 0.3) is 0 Å². The number of halogens is 1. The molecule has 3 amide bonds. The second kappa shape index (κ2) is 8.21. The predicted molar refractivity (Wildman–Crippen MR) is 105 cm³/mol. The molecule has 1 N–H and O–H groups in total. The van der Waals surface area contributed by atoms with Gasteiger partial charge in [-0.3, -0.25) is 14.4 Å². The molecule has 0 saturated carbocycles. The molecule has 2 aromatic carbocycles. The zero-order valence-electron chi connectivity index (χ0n) is 15.9. The summed E-state index contributed by atoms with van der Waals surface area (Å²) in [5.41, 5.74) is 3.16. The summed E-state index contributed by atoms with van der Waals surface area (Å²) < 4.78 is 13.1. The van der Waals surface area contributed by atoms with Crippen LogP contribution in [0.5, 0.6) is 0 Å². The van der Waals surface area contributed by atoms with E-state index in [1.54, 1.807) is 0 Å². The van der Waals surface area contributed by atoms with Gasteiger partial charge in [0.2, 0.25) is 5.91 Å². The van der Waals surface area contributed by atoms with Crippen molar-refractivity contribution < 1.29 is 18.8 Å². The number of anilines is 2. The van der Waals surface area contributed by atoms with Crippen LogP contribution in [-0.4, -0.2) is 42.3 Å². The fourth-order valence-electron chi connectivity index (χ4n) is 3.25. The van der Waals surface area contributed by atoms with Crippen molar-refractivity contribution >= 4 is 29.1 Å². The Balaban J connectivity index is 1.66. The Kier molecular flexibility index (Phi) is 5.73. The predicted octanol–water partition coefficient (Wildman–Crippen LogP) is 2.51. The standard InChI is InChI=1S/C21H22FN3O3/c1-3-15-6-4-5-14(2)19(15)23-18(26)13-24-11-12-25(21(28)20(24)27)17-9-7-16(22)8-10-17/h4-10H,3,11-13H2,1-2H3,(H,23,26). The zero-order chi connectivity index (χ0) is 20.3. The molecule has 146 valence electrons. The number of rotatable bonds is 5. The van der Waals surface area contributed by atoms with Crippen molar-refractivity contribution in [3.8, 4) is 0 Å². The number of amides is 3. The van der Waals surface area contributed by atoms with Crippen LogP contribution in [0.3, 0.4) is 0 Å². The van der Waals surface area contributed by atoms with Crippen LogP contribution < -0.4 is 10.2 Å². The van der Waals surface area contributed by atoms with E-state index in [1.165, 1.54) is 34.1 Å². The second-order valence-corrected chi connectivity index (χ2v) is 6.67. The summed E-state index contributed by atoms with van der Waals surface area (Å²) in [6.07, 6.45) is 0.769. The first kappa shape index (κ1) is 19.5. The quantitative estimate of drug-likeness (QED) is 0.807. The molecule has 0 bridgehead atoms. The topological polar surface area (TPSA) is 69.7 Å². The molecule has 28 heavy (non-hydrogen) atoms. The van der Waals surface area contributed by atoms with Gasteiger partial charge in [-0.25, -0.2) is 4.39 Å². The highest BCUT2D eigenvalue weighted by Gasteiger charge is 2.34. The molecule has 0 unspecified atom stereocenters. The van der Waals surface area contributed by atoms with Crippen LogP contribution in [0.2, 0.25) is 0 Å². The monoisotopic (exact) mass is 383 g/mol. The Bertz CT molecular complexity index is 912. The molecule has 1 aliphatic rings. The SMILES string of the molecule is CCc1cccc(C)c1NC(=O)CN1CCN(c2ccc(F)cc2)C(=O)C1=O. The van der Waals surface area contributed by atoms with Crippen molar-refractivity contribution in [3.63, 3.8) is 0 Å². The highest BCUT2D eigenvalue weighted by atomic mass is 19.1. The lowest BCUT2D eigenvalue weighted by atomic mass is 10.1. The van der Waals surface area contributed by atoms with E-state index in [9.17, 15) is 18.8 Å². The van der Waals surface area contributed by atoms with E-state index < -0.39 is 17.6 Å². The minimum absolute atomic E-state index is 0.195. The van der Waals surface area contributed by atoms with Crippen LogP contribution in [0.4, 0.5) is 15.8 Å². The first-order valence-electron chi connectivity index (χ1n) is 9.15. The average molecular weight is 383 g/mol. The number of carbonyl (C=O) groups is 3. The second-order valence-electron chi connectivity index (χ2n) is 6.67. The van der Waals surface area contributed by atoms with Gasteiger partial charge in [0, 0.05) is 24.5 Å². The Morgan fingerprint density at radius 1 is 1.07 bits per heavy atom. The Morgan fingerprint density at radius 3 is 2.46 bits per heavy atom. The van der Waals surface area contributed by atoms with E-state index in [-0.39, 0.29) is 25.5 Å². The van der Waals surface area contributed by atoms with Gasteiger partial charge < -0.3 is 15.1 Å². The Morgan fingerprint density at radius 2 is 1.79 bits per heavy atom. The highest BCUT2D eigenvalue weighted by molar-refractivity contribution is 6.41. The lowest BCUT2D eigenvalue weighted by Crippen LogP contribution is -2.56. The van der Waals surface area contributed by atoms with Gasteiger partial charge in [0.15, 0.2) is 0 Å². The molecule has 1 aliphatic heterocycles. The van der Waals surface area contributed by atoms with Gasteiger partial charge >= 0.3 is 11.8 Å². The van der Waals surface area contributed by atoms with Crippen molar-refractivity contribution in [2.24, 2.45) is 0 Å². The van der Waals surface area contributed by atoms with Crippen LogP contribution in [0.15, 0.2) is 42.5 Å². The highest BCUT2D eigenvalue weighted by Crippen LogP contribution is 2.22. The third kappa shape index (κ3) is 4.03. The van der Waals surface area contributed by atoms with Crippen LogP contribution in [0, 0.1) is 12.7 Å². The largest absolute Gasteiger partial charge is 0.324 e. The number of benzene rings is 2. The number of piperazine rings is 1. The van der Waals surface area contributed by atoms with Gasteiger partial charge in [0.05, 0.1) is 0 Å². The third-order valence-electron chi connectivity index (χ3n) is 4.79. The fourth-order valence-corrected chi connectivity index (χ4v) is 3.25. The van der Waals surface area contributed by atoms with Gasteiger partial charge in [-0.1, -0.05) is 25.1 Å². The minimum atomic E-state index is -0.744. The Hall–Kier alpha value is -3.22. The van der Waals surface area contributed by atoms with E-state index in [2.05, 4.69) is 5.32 Å². The average Bonchev–Trinajstić information content (AvgIpc) is 2.68. The van der Waals surface area contributed by atoms with Crippen molar-refractivity contribution in [2.75, 3.05) is 29.9 Å². The number of aryl methyl sites for hydroxylation is 2. The Labute approximate surface area is 162 Å². The zero-order valence-corrected chi connectivity index (χ0v) is 15.9. The van der Waals surface area contributed by atoms with Crippen molar-refractivity contribution in [2.45, 2.75) is 20.3 Å². The molecule has 0 atom stereocenters. The van der Waals surface area contributed by atoms with Gasteiger partial charge in [-0.05, 0) is 48.7 Å². The summed E-state index contributed by atoms with van der Waals surface area (Å²) in [6.45, 7) is 4.18. The maximum atomic E-state index is 13.1. The first-order chi connectivity index (χ1) is 13.4. The third-order valence-corrected chi connectivity index (χ3v) is 4.79. The number of nitrogens with one attached hydrogen (secondary N) is 1. The maximum Gasteiger partial charge on any atom is 0.316 e. The maximum absolute atomic E-state index is 13.1. The van der Waals surface area contributed by atoms with Crippen LogP contribution >= 0.6 is 0 Å².